The Labute approximate surface area is 112 Å². The topological polar surface area (TPSA) is 54.6 Å². The molecule has 0 radical (unpaired) electrons. The first-order valence-corrected chi connectivity index (χ1v) is 6.06. The normalized spacial score (nSPS) is 10.8. The van der Waals surface area contributed by atoms with Gasteiger partial charge in [0.1, 0.15) is 5.76 Å². The van der Waals surface area contributed by atoms with Crippen LogP contribution in [0.5, 0.6) is 0 Å². The molecule has 98 valence electrons. The number of amides is 1. The van der Waals surface area contributed by atoms with E-state index in [-0.39, 0.29) is 5.91 Å². The average Bonchev–Trinajstić information content (AvgIpc) is 2.86. The molecular formula is C15H16N2O2. The SMILES string of the molecule is Cc1ccc(CC(=O)N/N=C\c2ccco2)c(C)c1. The van der Waals surface area contributed by atoms with Gasteiger partial charge in [0.05, 0.1) is 18.9 Å². The first-order chi connectivity index (χ1) is 9.15. The Hall–Kier alpha value is -2.36. The zero-order chi connectivity index (χ0) is 13.7. The van der Waals surface area contributed by atoms with Gasteiger partial charge in [-0.05, 0) is 37.1 Å². The van der Waals surface area contributed by atoms with Crippen molar-refractivity contribution < 1.29 is 9.21 Å². The molecule has 0 fully saturated rings. The quantitative estimate of drug-likeness (QED) is 0.675. The molecule has 1 aromatic carbocycles. The highest BCUT2D eigenvalue weighted by molar-refractivity contribution is 5.81. The van der Waals surface area contributed by atoms with E-state index in [4.69, 9.17) is 4.42 Å². The fraction of sp³-hybridized carbons (Fsp3) is 0.200. The minimum Gasteiger partial charge on any atom is -0.463 e. The van der Waals surface area contributed by atoms with Gasteiger partial charge in [-0.3, -0.25) is 4.79 Å². The minimum absolute atomic E-state index is 0.144. The summed E-state index contributed by atoms with van der Waals surface area (Å²) in [6.45, 7) is 4.03. The molecule has 0 unspecified atom stereocenters. The molecule has 0 bridgehead atoms. The maximum atomic E-state index is 11.7. The maximum Gasteiger partial charge on any atom is 0.244 e. The summed E-state index contributed by atoms with van der Waals surface area (Å²) in [5.41, 5.74) is 5.80. The molecule has 0 aliphatic rings. The van der Waals surface area contributed by atoms with Crippen LogP contribution in [0.15, 0.2) is 46.1 Å². The van der Waals surface area contributed by atoms with E-state index in [1.165, 1.54) is 11.8 Å². The van der Waals surface area contributed by atoms with Crippen LogP contribution in [0.4, 0.5) is 0 Å². The maximum absolute atomic E-state index is 11.7. The molecule has 1 amide bonds. The lowest BCUT2D eigenvalue weighted by atomic mass is 10.0. The van der Waals surface area contributed by atoms with Crippen molar-refractivity contribution in [2.24, 2.45) is 5.10 Å². The van der Waals surface area contributed by atoms with Crippen molar-refractivity contribution in [1.29, 1.82) is 0 Å². The third-order valence-corrected chi connectivity index (χ3v) is 2.77. The van der Waals surface area contributed by atoms with Crippen molar-refractivity contribution in [1.82, 2.24) is 5.43 Å². The smallest absolute Gasteiger partial charge is 0.244 e. The van der Waals surface area contributed by atoms with Crippen LogP contribution in [0.25, 0.3) is 0 Å². The second kappa shape index (κ2) is 6.00. The summed E-state index contributed by atoms with van der Waals surface area (Å²) in [6, 6.07) is 9.57. The van der Waals surface area contributed by atoms with Gasteiger partial charge in [-0.2, -0.15) is 5.10 Å². The molecule has 1 heterocycles. The fourth-order valence-corrected chi connectivity index (χ4v) is 1.79. The summed E-state index contributed by atoms with van der Waals surface area (Å²) < 4.78 is 5.07. The van der Waals surface area contributed by atoms with Crippen LogP contribution in [-0.4, -0.2) is 12.1 Å². The highest BCUT2D eigenvalue weighted by Gasteiger charge is 2.05. The molecule has 1 aromatic heterocycles. The van der Waals surface area contributed by atoms with Crippen LogP contribution < -0.4 is 5.43 Å². The lowest BCUT2D eigenvalue weighted by molar-refractivity contribution is -0.120. The molecule has 1 N–H and O–H groups in total. The number of aryl methyl sites for hydroxylation is 2. The zero-order valence-corrected chi connectivity index (χ0v) is 11.0. The number of rotatable bonds is 4. The van der Waals surface area contributed by atoms with Gasteiger partial charge in [-0.1, -0.05) is 23.8 Å². The second-order valence-electron chi connectivity index (χ2n) is 4.42. The van der Waals surface area contributed by atoms with Gasteiger partial charge in [0.25, 0.3) is 0 Å². The van der Waals surface area contributed by atoms with Gasteiger partial charge < -0.3 is 4.42 Å². The first-order valence-electron chi connectivity index (χ1n) is 6.06. The van der Waals surface area contributed by atoms with Crippen LogP contribution in [-0.2, 0) is 11.2 Å². The Bertz CT molecular complexity index is 586. The number of hydrogen-bond acceptors (Lipinski definition) is 3. The lowest BCUT2D eigenvalue weighted by Gasteiger charge is -2.05. The highest BCUT2D eigenvalue weighted by atomic mass is 16.3. The molecule has 19 heavy (non-hydrogen) atoms. The third kappa shape index (κ3) is 3.81. The number of benzene rings is 1. The predicted molar refractivity (Wildman–Crippen MR) is 74.1 cm³/mol. The lowest BCUT2D eigenvalue weighted by Crippen LogP contribution is -2.20. The van der Waals surface area contributed by atoms with Gasteiger partial charge in [0.2, 0.25) is 5.91 Å². The summed E-state index contributed by atoms with van der Waals surface area (Å²) >= 11 is 0. The number of hydrazone groups is 1. The van der Waals surface area contributed by atoms with E-state index < -0.39 is 0 Å². The monoisotopic (exact) mass is 256 g/mol. The van der Waals surface area contributed by atoms with Crippen LogP contribution in [0.3, 0.4) is 0 Å². The van der Waals surface area contributed by atoms with Gasteiger partial charge in [0, 0.05) is 0 Å². The molecule has 2 aromatic rings. The van der Waals surface area contributed by atoms with Crippen LogP contribution in [0, 0.1) is 13.8 Å². The van der Waals surface area contributed by atoms with Crippen molar-refractivity contribution in [2.75, 3.05) is 0 Å². The Morgan fingerprint density at radius 2 is 2.21 bits per heavy atom. The summed E-state index contributed by atoms with van der Waals surface area (Å²) in [5, 5.41) is 3.84. The second-order valence-corrected chi connectivity index (χ2v) is 4.42. The fourth-order valence-electron chi connectivity index (χ4n) is 1.79. The van der Waals surface area contributed by atoms with Gasteiger partial charge in [-0.15, -0.1) is 0 Å². The molecule has 0 atom stereocenters. The molecule has 0 aliphatic heterocycles. The molecule has 0 spiro atoms. The van der Waals surface area contributed by atoms with Gasteiger partial charge in [0.15, 0.2) is 0 Å². The molecular weight excluding hydrogens is 240 g/mol. The predicted octanol–water partition coefficient (Wildman–Crippen LogP) is 2.59. The number of furan rings is 1. The van der Waals surface area contributed by atoms with Crippen molar-refractivity contribution in [3.8, 4) is 0 Å². The minimum atomic E-state index is -0.144. The average molecular weight is 256 g/mol. The summed E-state index contributed by atoms with van der Waals surface area (Å²) in [5.74, 6) is 0.460. The summed E-state index contributed by atoms with van der Waals surface area (Å²) in [7, 11) is 0. The van der Waals surface area contributed by atoms with E-state index in [1.807, 2.05) is 26.0 Å². The molecule has 0 saturated carbocycles. The van der Waals surface area contributed by atoms with Crippen LogP contribution in [0.1, 0.15) is 22.5 Å². The van der Waals surface area contributed by atoms with Crippen molar-refractivity contribution in [2.45, 2.75) is 20.3 Å². The standard InChI is InChI=1S/C15H16N2O2/c1-11-5-6-13(12(2)8-11)9-15(18)17-16-10-14-4-3-7-19-14/h3-8,10H,9H2,1-2H3,(H,17,18)/b16-10-. The Morgan fingerprint density at radius 1 is 1.37 bits per heavy atom. The number of nitrogens with one attached hydrogen (secondary N) is 1. The van der Waals surface area contributed by atoms with E-state index in [0.29, 0.717) is 12.2 Å². The Morgan fingerprint density at radius 3 is 2.89 bits per heavy atom. The van der Waals surface area contributed by atoms with E-state index in [9.17, 15) is 4.79 Å². The number of carbonyl (C=O) groups excluding carboxylic acids is 1. The number of carbonyl (C=O) groups is 1. The van der Waals surface area contributed by atoms with Crippen molar-refractivity contribution in [3.05, 3.63) is 59.0 Å². The van der Waals surface area contributed by atoms with Crippen LogP contribution >= 0.6 is 0 Å². The summed E-state index contributed by atoms with van der Waals surface area (Å²) in [6.07, 6.45) is 3.35. The Balaban J connectivity index is 1.91. The highest BCUT2D eigenvalue weighted by Crippen LogP contribution is 2.10. The molecule has 2 rings (SSSR count). The zero-order valence-electron chi connectivity index (χ0n) is 11.0. The van der Waals surface area contributed by atoms with E-state index in [1.54, 1.807) is 18.4 Å². The van der Waals surface area contributed by atoms with Crippen LogP contribution in [0.2, 0.25) is 0 Å². The third-order valence-electron chi connectivity index (χ3n) is 2.77. The Kier molecular flexibility index (Phi) is 4.13. The van der Waals surface area contributed by atoms with E-state index in [0.717, 1.165) is 11.1 Å². The molecule has 0 saturated heterocycles. The number of nitrogens with zero attached hydrogens (tertiary/aromatic N) is 1. The van der Waals surface area contributed by atoms with Gasteiger partial charge in [-0.25, -0.2) is 5.43 Å². The van der Waals surface area contributed by atoms with Gasteiger partial charge >= 0.3 is 0 Å². The van der Waals surface area contributed by atoms with E-state index >= 15 is 0 Å². The molecule has 4 nitrogen and oxygen atoms in total. The first kappa shape index (κ1) is 13.1. The van der Waals surface area contributed by atoms with Crippen molar-refractivity contribution >= 4 is 12.1 Å². The molecule has 0 aliphatic carbocycles. The van der Waals surface area contributed by atoms with E-state index in [2.05, 4.69) is 16.6 Å². The largest absolute Gasteiger partial charge is 0.463 e. The summed E-state index contributed by atoms with van der Waals surface area (Å²) in [4.78, 5) is 11.7. The number of hydrogen-bond donors (Lipinski definition) is 1. The van der Waals surface area contributed by atoms with Crippen molar-refractivity contribution in [3.63, 3.8) is 0 Å². The molecule has 4 heteroatoms.